The van der Waals surface area contributed by atoms with Gasteiger partial charge in [0, 0.05) is 10.4 Å². The fraction of sp³-hybridized carbons (Fsp3) is 0.471. The van der Waals surface area contributed by atoms with E-state index < -0.39 is 0 Å². The number of nitrogens with one attached hydrogen (secondary N) is 1. The van der Waals surface area contributed by atoms with Gasteiger partial charge in [0.05, 0.1) is 11.8 Å². The molecule has 0 aromatic carbocycles. The van der Waals surface area contributed by atoms with Crippen LogP contribution in [0.2, 0.25) is 0 Å². The van der Waals surface area contributed by atoms with Crippen LogP contribution in [-0.4, -0.2) is 18.1 Å². The minimum atomic E-state index is -0.0473. The van der Waals surface area contributed by atoms with E-state index in [9.17, 15) is 4.79 Å². The summed E-state index contributed by atoms with van der Waals surface area (Å²) in [4.78, 5) is 17.4. The SMILES string of the molecule is Cc1sc2c(c1C)C[NH+](C(C)(C)C)CN2C(=O)c1ccco1. The van der Waals surface area contributed by atoms with Crippen molar-refractivity contribution in [1.82, 2.24) is 0 Å². The highest BCUT2D eigenvalue weighted by molar-refractivity contribution is 7.16. The molecule has 0 saturated heterocycles. The number of carbonyl (C=O) groups excluding carboxylic acids is 1. The van der Waals surface area contributed by atoms with E-state index >= 15 is 0 Å². The second-order valence-corrected chi connectivity index (χ2v) is 8.17. The zero-order valence-electron chi connectivity index (χ0n) is 13.8. The second kappa shape index (κ2) is 5.25. The Hall–Kier alpha value is -1.59. The lowest BCUT2D eigenvalue weighted by molar-refractivity contribution is -0.960. The average molecular weight is 319 g/mol. The van der Waals surface area contributed by atoms with Gasteiger partial charge in [0.2, 0.25) is 0 Å². The maximum Gasteiger partial charge on any atom is 0.298 e. The first-order valence-corrected chi connectivity index (χ1v) is 8.40. The van der Waals surface area contributed by atoms with Crippen molar-refractivity contribution in [2.45, 2.75) is 46.7 Å². The van der Waals surface area contributed by atoms with Crippen molar-refractivity contribution in [3.8, 4) is 0 Å². The lowest BCUT2D eigenvalue weighted by Gasteiger charge is -2.39. The van der Waals surface area contributed by atoms with E-state index in [2.05, 4.69) is 34.6 Å². The molecule has 0 bridgehead atoms. The molecule has 0 radical (unpaired) electrons. The van der Waals surface area contributed by atoms with Gasteiger partial charge >= 0.3 is 0 Å². The third-order valence-electron chi connectivity index (χ3n) is 4.51. The number of furan rings is 1. The predicted octanol–water partition coefficient (Wildman–Crippen LogP) is 2.76. The molecule has 4 nitrogen and oxygen atoms in total. The van der Waals surface area contributed by atoms with Gasteiger partial charge in [0.25, 0.3) is 5.91 Å². The first kappa shape index (κ1) is 15.3. The number of rotatable bonds is 1. The smallest absolute Gasteiger partial charge is 0.298 e. The fourth-order valence-electron chi connectivity index (χ4n) is 2.81. The summed E-state index contributed by atoms with van der Waals surface area (Å²) in [6, 6.07) is 3.50. The lowest BCUT2D eigenvalue weighted by Crippen LogP contribution is -3.20. The Morgan fingerprint density at radius 3 is 2.68 bits per heavy atom. The Balaban J connectivity index is 2.05. The van der Waals surface area contributed by atoms with Crippen LogP contribution in [0.5, 0.6) is 0 Å². The van der Waals surface area contributed by atoms with E-state index in [0.717, 1.165) is 11.5 Å². The van der Waals surface area contributed by atoms with Gasteiger partial charge in [0.1, 0.15) is 11.5 Å². The van der Waals surface area contributed by atoms with Crippen molar-refractivity contribution in [2.75, 3.05) is 11.6 Å². The number of anilines is 1. The number of carbonyl (C=O) groups is 1. The zero-order valence-corrected chi connectivity index (χ0v) is 14.6. The molecule has 0 aliphatic carbocycles. The quantitative estimate of drug-likeness (QED) is 0.878. The summed E-state index contributed by atoms with van der Waals surface area (Å²) in [6.45, 7) is 12.6. The highest BCUT2D eigenvalue weighted by Crippen LogP contribution is 2.37. The van der Waals surface area contributed by atoms with Crippen LogP contribution >= 0.6 is 11.3 Å². The molecule has 1 aliphatic heterocycles. The number of aryl methyl sites for hydroxylation is 1. The van der Waals surface area contributed by atoms with Gasteiger partial charge in [-0.3, -0.25) is 4.79 Å². The van der Waals surface area contributed by atoms with Crippen LogP contribution in [-0.2, 0) is 6.54 Å². The molecule has 2 aromatic heterocycles. The normalized spacial score (nSPS) is 18.4. The van der Waals surface area contributed by atoms with Crippen molar-refractivity contribution in [3.05, 3.63) is 40.2 Å². The largest absolute Gasteiger partial charge is 0.459 e. The summed E-state index contributed by atoms with van der Waals surface area (Å²) in [5, 5.41) is 1.09. The molecule has 1 atom stereocenters. The van der Waals surface area contributed by atoms with Crippen LogP contribution in [0.3, 0.4) is 0 Å². The summed E-state index contributed by atoms with van der Waals surface area (Å²) in [7, 11) is 0. The standard InChI is InChI=1S/C17H22N2O2S/c1-11-12(2)22-16-13(11)9-18(17(3,4)5)10-19(16)15(20)14-7-6-8-21-14/h6-8H,9-10H2,1-5H3/p+1. The molecule has 0 fully saturated rings. The Morgan fingerprint density at radius 1 is 1.36 bits per heavy atom. The Kier molecular flexibility index (Phi) is 3.65. The van der Waals surface area contributed by atoms with Crippen molar-refractivity contribution < 1.29 is 14.1 Å². The third kappa shape index (κ3) is 2.48. The molecule has 3 rings (SSSR count). The first-order chi connectivity index (χ1) is 10.3. The number of quaternary nitrogens is 1. The summed E-state index contributed by atoms with van der Waals surface area (Å²) in [5.74, 6) is 0.360. The molecule has 2 aromatic rings. The minimum absolute atomic E-state index is 0.0473. The van der Waals surface area contributed by atoms with Crippen LogP contribution in [0.4, 0.5) is 5.00 Å². The summed E-state index contributed by atoms with van der Waals surface area (Å²) >= 11 is 1.71. The highest BCUT2D eigenvalue weighted by atomic mass is 32.1. The van der Waals surface area contributed by atoms with E-state index in [1.54, 1.807) is 29.7 Å². The predicted molar refractivity (Wildman–Crippen MR) is 88.6 cm³/mol. The first-order valence-electron chi connectivity index (χ1n) is 7.58. The molecule has 0 saturated carbocycles. The number of amides is 1. The van der Waals surface area contributed by atoms with Gasteiger partial charge in [0.15, 0.2) is 12.4 Å². The summed E-state index contributed by atoms with van der Waals surface area (Å²) in [5.41, 5.74) is 2.71. The lowest BCUT2D eigenvalue weighted by atomic mass is 10.0. The van der Waals surface area contributed by atoms with Crippen LogP contribution in [0, 0.1) is 13.8 Å². The van der Waals surface area contributed by atoms with E-state index in [4.69, 9.17) is 4.42 Å². The maximum absolute atomic E-state index is 12.8. The second-order valence-electron chi connectivity index (χ2n) is 6.97. The monoisotopic (exact) mass is 319 g/mol. The molecule has 3 heterocycles. The summed E-state index contributed by atoms with van der Waals surface area (Å²) < 4.78 is 5.33. The minimum Gasteiger partial charge on any atom is -0.459 e. The molecule has 1 amide bonds. The zero-order chi connectivity index (χ0) is 16.1. The van der Waals surface area contributed by atoms with Gasteiger partial charge < -0.3 is 9.32 Å². The Labute approximate surface area is 135 Å². The summed E-state index contributed by atoms with van der Waals surface area (Å²) in [6.07, 6.45) is 1.55. The van der Waals surface area contributed by atoms with Crippen molar-refractivity contribution in [2.24, 2.45) is 0 Å². The molecule has 1 aliphatic rings. The molecule has 0 spiro atoms. The molecule has 5 heteroatoms. The highest BCUT2D eigenvalue weighted by Gasteiger charge is 2.39. The van der Waals surface area contributed by atoms with E-state index in [1.165, 1.54) is 20.9 Å². The number of fused-ring (bicyclic) bond motifs is 1. The van der Waals surface area contributed by atoms with Crippen LogP contribution in [0.1, 0.15) is 47.3 Å². The van der Waals surface area contributed by atoms with Crippen molar-refractivity contribution in [3.63, 3.8) is 0 Å². The van der Waals surface area contributed by atoms with Crippen molar-refractivity contribution >= 4 is 22.2 Å². The molecular formula is C17H23N2O2S+. The topological polar surface area (TPSA) is 37.9 Å². The average Bonchev–Trinajstić information content (AvgIpc) is 3.06. The van der Waals surface area contributed by atoms with Gasteiger partial charge in [-0.25, -0.2) is 4.90 Å². The molecule has 22 heavy (non-hydrogen) atoms. The van der Waals surface area contributed by atoms with E-state index in [-0.39, 0.29) is 11.4 Å². The van der Waals surface area contributed by atoms with Gasteiger partial charge in [-0.2, -0.15) is 0 Å². The van der Waals surface area contributed by atoms with Gasteiger partial charge in [-0.05, 0) is 52.3 Å². The molecular weight excluding hydrogens is 296 g/mol. The van der Waals surface area contributed by atoms with Crippen LogP contribution in [0.15, 0.2) is 22.8 Å². The molecule has 1 unspecified atom stereocenters. The Morgan fingerprint density at radius 2 is 2.09 bits per heavy atom. The number of hydrogen-bond acceptors (Lipinski definition) is 3. The Bertz CT molecular complexity index is 695. The maximum atomic E-state index is 12.8. The third-order valence-corrected chi connectivity index (χ3v) is 5.78. The van der Waals surface area contributed by atoms with Crippen LogP contribution in [0.25, 0.3) is 0 Å². The van der Waals surface area contributed by atoms with Crippen molar-refractivity contribution in [1.29, 1.82) is 0 Å². The van der Waals surface area contributed by atoms with Crippen LogP contribution < -0.4 is 9.80 Å². The molecule has 118 valence electrons. The van der Waals surface area contributed by atoms with Gasteiger partial charge in [-0.15, -0.1) is 11.3 Å². The molecule has 1 N–H and O–H groups in total. The fourth-order valence-corrected chi connectivity index (χ4v) is 3.99. The van der Waals surface area contributed by atoms with E-state index in [1.807, 2.05) is 4.90 Å². The van der Waals surface area contributed by atoms with Gasteiger partial charge in [-0.1, -0.05) is 0 Å². The number of thiophene rings is 1. The number of hydrogen-bond donors (Lipinski definition) is 1. The van der Waals surface area contributed by atoms with E-state index in [0.29, 0.717) is 12.4 Å². The number of nitrogens with zero attached hydrogens (tertiary/aromatic N) is 1.